The van der Waals surface area contributed by atoms with Gasteiger partial charge < -0.3 is 0 Å². The number of carbonyl (C=O) groups excluding carboxylic acids is 1. The molecule has 0 radical (unpaired) electrons. The van der Waals surface area contributed by atoms with Gasteiger partial charge in [-0.05, 0) is 40.6 Å². The second kappa shape index (κ2) is 6.64. The van der Waals surface area contributed by atoms with Gasteiger partial charge in [0.25, 0.3) is 5.91 Å². The molecule has 0 spiro atoms. The van der Waals surface area contributed by atoms with Crippen molar-refractivity contribution >= 4 is 68.3 Å². The van der Waals surface area contributed by atoms with Crippen molar-refractivity contribution < 1.29 is 4.79 Å². The van der Waals surface area contributed by atoms with E-state index in [1.807, 2.05) is 42.5 Å². The summed E-state index contributed by atoms with van der Waals surface area (Å²) < 4.78 is 0.513. The molecule has 0 saturated carbocycles. The fourth-order valence-electron chi connectivity index (χ4n) is 2.82. The van der Waals surface area contributed by atoms with Crippen LogP contribution in [0.25, 0.3) is 16.8 Å². The molecular formula is C20H12ClNOS2. The largest absolute Gasteiger partial charge is 0.270 e. The molecule has 0 unspecified atom stereocenters. The molecule has 1 amide bonds. The zero-order valence-electron chi connectivity index (χ0n) is 13.0. The lowest BCUT2D eigenvalue weighted by Crippen LogP contribution is -2.27. The highest BCUT2D eigenvalue weighted by Crippen LogP contribution is 2.37. The highest BCUT2D eigenvalue weighted by molar-refractivity contribution is 8.27. The zero-order valence-corrected chi connectivity index (χ0v) is 15.4. The Bertz CT molecular complexity index is 1040. The molecular weight excluding hydrogens is 370 g/mol. The predicted molar refractivity (Wildman–Crippen MR) is 111 cm³/mol. The molecule has 0 atom stereocenters. The van der Waals surface area contributed by atoms with E-state index in [1.165, 1.54) is 16.7 Å². The van der Waals surface area contributed by atoms with Gasteiger partial charge in [-0.1, -0.05) is 84.1 Å². The molecule has 0 bridgehead atoms. The summed E-state index contributed by atoms with van der Waals surface area (Å²) in [5.74, 6) is -0.120. The molecule has 1 saturated heterocycles. The first-order valence-corrected chi connectivity index (χ1v) is 9.25. The van der Waals surface area contributed by atoms with Crippen molar-refractivity contribution in [1.29, 1.82) is 0 Å². The Morgan fingerprint density at radius 3 is 2.60 bits per heavy atom. The molecule has 4 rings (SSSR count). The molecule has 1 fully saturated rings. The van der Waals surface area contributed by atoms with Crippen LogP contribution in [-0.4, -0.2) is 10.2 Å². The summed E-state index contributed by atoms with van der Waals surface area (Å²) in [6.45, 7) is 0. The zero-order chi connectivity index (χ0) is 17.4. The molecule has 0 aliphatic carbocycles. The lowest BCUT2D eigenvalue weighted by Gasteiger charge is -2.14. The quantitative estimate of drug-likeness (QED) is 0.407. The lowest BCUT2D eigenvalue weighted by atomic mass is 10.0. The number of thiocarbonyl (C=S) groups is 1. The van der Waals surface area contributed by atoms with E-state index >= 15 is 0 Å². The highest BCUT2D eigenvalue weighted by atomic mass is 35.5. The van der Waals surface area contributed by atoms with Gasteiger partial charge in [-0.3, -0.25) is 9.69 Å². The third-order valence-corrected chi connectivity index (χ3v) is 5.51. The summed E-state index contributed by atoms with van der Waals surface area (Å²) in [5.41, 5.74) is 1.70. The van der Waals surface area contributed by atoms with Gasteiger partial charge in [0, 0.05) is 5.02 Å². The van der Waals surface area contributed by atoms with E-state index in [-0.39, 0.29) is 5.91 Å². The van der Waals surface area contributed by atoms with E-state index in [0.717, 1.165) is 16.3 Å². The molecule has 2 nitrogen and oxygen atoms in total. The van der Waals surface area contributed by atoms with Crippen LogP contribution < -0.4 is 4.90 Å². The monoisotopic (exact) mass is 381 g/mol. The summed E-state index contributed by atoms with van der Waals surface area (Å²) in [6.07, 6.45) is 1.91. The van der Waals surface area contributed by atoms with Crippen LogP contribution >= 0.6 is 35.6 Å². The van der Waals surface area contributed by atoms with E-state index in [9.17, 15) is 4.79 Å². The van der Waals surface area contributed by atoms with Gasteiger partial charge in [-0.15, -0.1) is 0 Å². The Morgan fingerprint density at radius 2 is 1.76 bits per heavy atom. The van der Waals surface area contributed by atoms with Crippen molar-refractivity contribution in [1.82, 2.24) is 0 Å². The Labute approximate surface area is 160 Å². The third-order valence-electron chi connectivity index (χ3n) is 3.97. The van der Waals surface area contributed by atoms with Gasteiger partial charge in [0.1, 0.15) is 0 Å². The van der Waals surface area contributed by atoms with Crippen LogP contribution in [0.3, 0.4) is 0 Å². The summed E-state index contributed by atoms with van der Waals surface area (Å²) >= 11 is 12.8. The number of amides is 1. The number of halogens is 1. The molecule has 1 aliphatic heterocycles. The first kappa shape index (κ1) is 16.3. The van der Waals surface area contributed by atoms with Crippen molar-refractivity contribution in [3.63, 3.8) is 0 Å². The van der Waals surface area contributed by atoms with Crippen LogP contribution in [0.1, 0.15) is 5.56 Å². The first-order chi connectivity index (χ1) is 12.1. The Kier molecular flexibility index (Phi) is 4.34. The third kappa shape index (κ3) is 3.09. The van der Waals surface area contributed by atoms with Gasteiger partial charge in [0.2, 0.25) is 0 Å². The maximum Gasteiger partial charge on any atom is 0.270 e. The normalized spacial score (nSPS) is 16.2. The summed E-state index contributed by atoms with van der Waals surface area (Å²) in [7, 11) is 0. The van der Waals surface area contributed by atoms with Crippen molar-refractivity contribution in [2.24, 2.45) is 0 Å². The average molecular weight is 382 g/mol. The molecule has 25 heavy (non-hydrogen) atoms. The smallest absolute Gasteiger partial charge is 0.268 e. The topological polar surface area (TPSA) is 20.3 Å². The summed E-state index contributed by atoms with van der Waals surface area (Å²) in [6, 6.07) is 21.3. The minimum Gasteiger partial charge on any atom is -0.268 e. The molecule has 3 aromatic rings. The predicted octanol–water partition coefficient (Wildman–Crippen LogP) is 5.90. The number of fused-ring (bicyclic) bond motifs is 1. The Balaban J connectivity index is 1.75. The standard InChI is InChI=1S/C20H12ClNOS2/c21-15-8-4-9-16(12-15)22-19(23)18(25-20(22)24)11-14-7-3-6-13-5-1-2-10-17(13)14/h1-12H/b18-11-. The lowest BCUT2D eigenvalue weighted by molar-refractivity contribution is -0.113. The Morgan fingerprint density at radius 1 is 1.00 bits per heavy atom. The maximum absolute atomic E-state index is 12.9. The fraction of sp³-hybridized carbons (Fsp3) is 0. The molecule has 0 N–H and O–H groups in total. The van der Waals surface area contributed by atoms with Gasteiger partial charge in [0.15, 0.2) is 4.32 Å². The van der Waals surface area contributed by atoms with Crippen molar-refractivity contribution in [2.45, 2.75) is 0 Å². The fourth-order valence-corrected chi connectivity index (χ4v) is 4.30. The van der Waals surface area contributed by atoms with Crippen LogP contribution in [-0.2, 0) is 4.79 Å². The number of carbonyl (C=O) groups is 1. The first-order valence-electron chi connectivity index (χ1n) is 7.65. The molecule has 1 heterocycles. The second-order valence-electron chi connectivity index (χ2n) is 5.57. The number of hydrogen-bond donors (Lipinski definition) is 0. The maximum atomic E-state index is 12.9. The summed E-state index contributed by atoms with van der Waals surface area (Å²) in [5, 5.41) is 2.82. The van der Waals surface area contributed by atoms with E-state index in [4.69, 9.17) is 23.8 Å². The van der Waals surface area contributed by atoms with E-state index in [1.54, 1.807) is 12.1 Å². The van der Waals surface area contributed by atoms with Crippen LogP contribution in [0.5, 0.6) is 0 Å². The SMILES string of the molecule is O=C1/C(=C/c2cccc3ccccc23)SC(=S)N1c1cccc(Cl)c1. The highest BCUT2D eigenvalue weighted by Gasteiger charge is 2.33. The van der Waals surface area contributed by atoms with E-state index in [0.29, 0.717) is 19.9 Å². The van der Waals surface area contributed by atoms with Crippen LogP contribution in [0.4, 0.5) is 5.69 Å². The number of nitrogens with zero attached hydrogens (tertiary/aromatic N) is 1. The Hall–Kier alpha value is -2.14. The average Bonchev–Trinajstić information content (AvgIpc) is 2.89. The van der Waals surface area contributed by atoms with Crippen molar-refractivity contribution in [3.05, 3.63) is 82.2 Å². The van der Waals surface area contributed by atoms with E-state index in [2.05, 4.69) is 18.2 Å². The van der Waals surface area contributed by atoms with Crippen LogP contribution in [0, 0.1) is 0 Å². The molecule has 5 heteroatoms. The molecule has 122 valence electrons. The number of anilines is 1. The van der Waals surface area contributed by atoms with Crippen LogP contribution in [0.15, 0.2) is 71.6 Å². The number of benzene rings is 3. The van der Waals surface area contributed by atoms with Crippen LogP contribution in [0.2, 0.25) is 5.02 Å². The summed E-state index contributed by atoms with van der Waals surface area (Å²) in [4.78, 5) is 15.0. The van der Waals surface area contributed by atoms with Gasteiger partial charge in [-0.2, -0.15) is 0 Å². The number of hydrogen-bond acceptors (Lipinski definition) is 3. The second-order valence-corrected chi connectivity index (χ2v) is 7.68. The van der Waals surface area contributed by atoms with Crippen molar-refractivity contribution in [2.75, 3.05) is 4.90 Å². The van der Waals surface area contributed by atoms with Gasteiger partial charge >= 0.3 is 0 Å². The minimum absolute atomic E-state index is 0.120. The van der Waals surface area contributed by atoms with Gasteiger partial charge in [0.05, 0.1) is 10.6 Å². The van der Waals surface area contributed by atoms with Crippen molar-refractivity contribution in [3.8, 4) is 0 Å². The number of thioether (sulfide) groups is 1. The molecule has 3 aromatic carbocycles. The minimum atomic E-state index is -0.120. The van der Waals surface area contributed by atoms with Gasteiger partial charge in [-0.25, -0.2) is 0 Å². The number of rotatable bonds is 2. The van der Waals surface area contributed by atoms with E-state index < -0.39 is 0 Å². The molecule has 1 aliphatic rings. The molecule has 0 aromatic heterocycles.